The molecule has 0 aromatic heterocycles. The molecule has 1 aromatic carbocycles. The largest absolute Gasteiger partial charge is 0.413 e. The topological polar surface area (TPSA) is 18.5 Å². The molecular weight excluding hydrogens is 304 g/mol. The van der Waals surface area contributed by atoms with Crippen molar-refractivity contribution in [3.63, 3.8) is 0 Å². The van der Waals surface area contributed by atoms with Crippen molar-refractivity contribution >= 4 is 27.0 Å². The third kappa shape index (κ3) is 3.91. The van der Waals surface area contributed by atoms with Crippen LogP contribution >= 0.6 is 0 Å². The Morgan fingerprint density at radius 2 is 0.864 bits per heavy atom. The Hall–Kier alpha value is -0.426. The highest BCUT2D eigenvalue weighted by Crippen LogP contribution is 2.19. The maximum atomic E-state index is 6.26. The minimum absolute atomic E-state index is 0.817. The molecule has 0 unspecified atom stereocenters. The summed E-state index contributed by atoms with van der Waals surface area (Å²) in [5.41, 5.74) is 0. The first-order valence-corrected chi connectivity index (χ1v) is 13.6. The SMILES string of the molecule is CCO[Si](CC)(CC)c1ccc([Si](CC)(CC)OCC)cc1. The van der Waals surface area contributed by atoms with E-state index in [1.165, 1.54) is 10.4 Å². The van der Waals surface area contributed by atoms with Gasteiger partial charge in [-0.05, 0) is 48.4 Å². The van der Waals surface area contributed by atoms with Gasteiger partial charge in [-0.25, -0.2) is 0 Å². The van der Waals surface area contributed by atoms with Gasteiger partial charge < -0.3 is 8.85 Å². The Kier molecular flexibility index (Phi) is 8.04. The van der Waals surface area contributed by atoms with Crippen molar-refractivity contribution in [2.45, 2.75) is 65.7 Å². The highest BCUT2D eigenvalue weighted by Gasteiger charge is 2.36. The number of hydrogen-bond acceptors (Lipinski definition) is 2. The van der Waals surface area contributed by atoms with Crippen LogP contribution in [0.1, 0.15) is 41.5 Å². The molecule has 4 heteroatoms. The lowest BCUT2D eigenvalue weighted by Gasteiger charge is -2.32. The smallest absolute Gasteiger partial charge is 0.223 e. The predicted octanol–water partition coefficient (Wildman–Crippen LogP) is 4.14. The Labute approximate surface area is 139 Å². The van der Waals surface area contributed by atoms with Gasteiger partial charge in [0, 0.05) is 13.2 Å². The third-order valence-electron chi connectivity index (χ3n) is 5.06. The van der Waals surface area contributed by atoms with Gasteiger partial charge in [-0.15, -0.1) is 0 Å². The van der Waals surface area contributed by atoms with Crippen molar-refractivity contribution in [1.82, 2.24) is 0 Å². The molecule has 0 aliphatic carbocycles. The molecule has 0 atom stereocenters. The van der Waals surface area contributed by atoms with Gasteiger partial charge in [-0.2, -0.15) is 0 Å². The minimum atomic E-state index is -1.77. The number of hydrogen-bond donors (Lipinski definition) is 0. The van der Waals surface area contributed by atoms with E-state index in [2.05, 4.69) is 65.8 Å². The number of rotatable bonds is 10. The molecular formula is C18H34O2Si2. The van der Waals surface area contributed by atoms with E-state index in [1.807, 2.05) is 0 Å². The van der Waals surface area contributed by atoms with Crippen LogP contribution in [0.3, 0.4) is 0 Å². The molecule has 1 aromatic rings. The van der Waals surface area contributed by atoms with E-state index in [1.54, 1.807) is 0 Å². The summed E-state index contributed by atoms with van der Waals surface area (Å²) in [6.45, 7) is 15.0. The van der Waals surface area contributed by atoms with Gasteiger partial charge in [0.1, 0.15) is 0 Å². The van der Waals surface area contributed by atoms with Crippen LogP contribution in [0.2, 0.25) is 24.2 Å². The molecule has 1 rings (SSSR count). The molecule has 0 bridgehead atoms. The van der Waals surface area contributed by atoms with Crippen LogP contribution < -0.4 is 10.4 Å². The summed E-state index contributed by atoms with van der Waals surface area (Å²) in [5, 5.41) is 2.88. The fourth-order valence-corrected chi connectivity index (χ4v) is 9.96. The molecule has 0 N–H and O–H groups in total. The van der Waals surface area contributed by atoms with Gasteiger partial charge >= 0.3 is 0 Å². The summed E-state index contributed by atoms with van der Waals surface area (Å²) >= 11 is 0. The second kappa shape index (κ2) is 9.01. The Balaban J connectivity index is 3.17. The molecule has 0 radical (unpaired) electrons. The van der Waals surface area contributed by atoms with Crippen LogP contribution in [0.15, 0.2) is 24.3 Å². The van der Waals surface area contributed by atoms with Crippen LogP contribution in [-0.2, 0) is 8.85 Å². The Morgan fingerprint density at radius 1 is 0.591 bits per heavy atom. The average Bonchev–Trinajstić information content (AvgIpc) is 2.58. The monoisotopic (exact) mass is 338 g/mol. The second-order valence-corrected chi connectivity index (χ2v) is 14.4. The molecule has 0 spiro atoms. The van der Waals surface area contributed by atoms with E-state index in [0.29, 0.717) is 0 Å². The van der Waals surface area contributed by atoms with Gasteiger partial charge in [0.25, 0.3) is 0 Å². The van der Waals surface area contributed by atoms with Crippen molar-refractivity contribution < 1.29 is 8.85 Å². The van der Waals surface area contributed by atoms with Gasteiger partial charge in [-0.3, -0.25) is 0 Å². The van der Waals surface area contributed by atoms with Crippen LogP contribution in [0.25, 0.3) is 0 Å². The van der Waals surface area contributed by atoms with E-state index >= 15 is 0 Å². The zero-order chi connectivity index (χ0) is 16.6. The molecule has 126 valence electrons. The molecule has 22 heavy (non-hydrogen) atoms. The quantitative estimate of drug-likeness (QED) is 0.597. The average molecular weight is 339 g/mol. The molecule has 0 fully saturated rings. The van der Waals surface area contributed by atoms with Crippen molar-refractivity contribution in [3.05, 3.63) is 24.3 Å². The molecule has 0 amide bonds. The molecule has 0 heterocycles. The van der Waals surface area contributed by atoms with Gasteiger partial charge in [0.15, 0.2) is 0 Å². The van der Waals surface area contributed by atoms with E-state index < -0.39 is 16.6 Å². The van der Waals surface area contributed by atoms with E-state index in [9.17, 15) is 0 Å². The first-order valence-electron chi connectivity index (χ1n) is 8.96. The van der Waals surface area contributed by atoms with Crippen molar-refractivity contribution in [1.29, 1.82) is 0 Å². The summed E-state index contributed by atoms with van der Waals surface area (Å²) in [4.78, 5) is 0. The number of benzene rings is 1. The zero-order valence-corrected chi connectivity index (χ0v) is 17.4. The summed E-state index contributed by atoms with van der Waals surface area (Å²) in [7, 11) is -3.53. The van der Waals surface area contributed by atoms with Crippen molar-refractivity contribution in [3.8, 4) is 0 Å². The van der Waals surface area contributed by atoms with Crippen LogP contribution in [0, 0.1) is 0 Å². The maximum absolute atomic E-state index is 6.26. The molecule has 2 nitrogen and oxygen atoms in total. The lowest BCUT2D eigenvalue weighted by Crippen LogP contribution is -2.53. The molecule has 0 aliphatic heterocycles. The van der Waals surface area contributed by atoms with Crippen LogP contribution in [0.5, 0.6) is 0 Å². The van der Waals surface area contributed by atoms with Gasteiger partial charge in [0.2, 0.25) is 16.6 Å². The molecule has 0 aliphatic rings. The van der Waals surface area contributed by atoms with E-state index in [4.69, 9.17) is 8.85 Å². The fraction of sp³-hybridized carbons (Fsp3) is 0.667. The molecule has 0 saturated carbocycles. The lowest BCUT2D eigenvalue weighted by atomic mass is 10.4. The standard InChI is InChI=1S/C18H34O2Si2/c1-7-19-21(9-3,10-4)17-13-15-18(16-14-17)22(11-5,12-6)20-8-2/h13-16H,7-12H2,1-6H3. The highest BCUT2D eigenvalue weighted by atomic mass is 28.4. The normalized spacial score (nSPS) is 12.6. The van der Waals surface area contributed by atoms with Crippen LogP contribution in [-0.4, -0.2) is 29.8 Å². The zero-order valence-electron chi connectivity index (χ0n) is 15.4. The Morgan fingerprint density at radius 3 is 1.05 bits per heavy atom. The van der Waals surface area contributed by atoms with E-state index in [0.717, 1.165) is 37.4 Å². The summed E-state index contributed by atoms with van der Waals surface area (Å²) in [5.74, 6) is 0. The van der Waals surface area contributed by atoms with Gasteiger partial charge in [0.05, 0.1) is 0 Å². The van der Waals surface area contributed by atoms with Crippen LogP contribution in [0.4, 0.5) is 0 Å². The van der Waals surface area contributed by atoms with Crippen molar-refractivity contribution in [2.24, 2.45) is 0 Å². The Bertz CT molecular complexity index is 382. The first-order chi connectivity index (χ1) is 10.6. The maximum Gasteiger partial charge on any atom is 0.223 e. The third-order valence-corrected chi connectivity index (χ3v) is 14.1. The lowest BCUT2D eigenvalue weighted by molar-refractivity contribution is 0.329. The minimum Gasteiger partial charge on any atom is -0.413 e. The molecule has 0 saturated heterocycles. The summed E-state index contributed by atoms with van der Waals surface area (Å²) in [6.07, 6.45) is 0. The second-order valence-electron chi connectivity index (χ2n) is 5.85. The first kappa shape index (κ1) is 19.6. The van der Waals surface area contributed by atoms with Gasteiger partial charge in [-0.1, -0.05) is 52.0 Å². The summed E-state index contributed by atoms with van der Waals surface area (Å²) in [6, 6.07) is 13.9. The van der Waals surface area contributed by atoms with E-state index in [-0.39, 0.29) is 0 Å². The fourth-order valence-electron chi connectivity index (χ4n) is 3.52. The highest BCUT2D eigenvalue weighted by molar-refractivity contribution is 6.88. The predicted molar refractivity (Wildman–Crippen MR) is 102 cm³/mol. The summed E-state index contributed by atoms with van der Waals surface area (Å²) < 4.78 is 12.5. The van der Waals surface area contributed by atoms with Crippen molar-refractivity contribution in [2.75, 3.05) is 13.2 Å².